The molecule has 2 fully saturated rings. The molecular weight excluding hydrogens is 416 g/mol. The Kier molecular flexibility index (Phi) is 5.01. The van der Waals surface area contributed by atoms with Crippen molar-refractivity contribution in [2.24, 2.45) is 13.0 Å². The van der Waals surface area contributed by atoms with Crippen molar-refractivity contribution >= 4 is 15.7 Å². The van der Waals surface area contributed by atoms with Crippen LogP contribution in [0.2, 0.25) is 0 Å². The molecule has 0 N–H and O–H groups in total. The van der Waals surface area contributed by atoms with Gasteiger partial charge in [-0.2, -0.15) is 9.40 Å². The van der Waals surface area contributed by atoms with Crippen LogP contribution in [0, 0.1) is 19.8 Å². The van der Waals surface area contributed by atoms with E-state index < -0.39 is 10.0 Å². The zero-order chi connectivity index (χ0) is 21.8. The molecule has 4 heterocycles. The van der Waals surface area contributed by atoms with Crippen LogP contribution in [0.4, 0.5) is 0 Å². The summed E-state index contributed by atoms with van der Waals surface area (Å²) in [4.78, 5) is 4.95. The van der Waals surface area contributed by atoms with Gasteiger partial charge in [-0.3, -0.25) is 4.68 Å². The molecule has 1 saturated heterocycles. The molecule has 0 aromatic carbocycles. The number of piperidine rings is 1. The molecule has 5 rings (SSSR count). The SMILES string of the molecule is Cc1nn(C)c(C)c1S(=O)(=O)N1CCC(COc2ccc3nc(C4CC4)cn3n2)CC1. The third-order valence-corrected chi connectivity index (χ3v) is 8.54. The topological polar surface area (TPSA) is 94.6 Å². The van der Waals surface area contributed by atoms with E-state index in [1.807, 2.05) is 18.3 Å². The summed E-state index contributed by atoms with van der Waals surface area (Å²) >= 11 is 0. The first kappa shape index (κ1) is 20.4. The van der Waals surface area contributed by atoms with Crippen LogP contribution in [-0.2, 0) is 17.1 Å². The van der Waals surface area contributed by atoms with Gasteiger partial charge >= 0.3 is 0 Å². The van der Waals surface area contributed by atoms with Crippen molar-refractivity contribution < 1.29 is 13.2 Å². The highest BCUT2D eigenvalue weighted by molar-refractivity contribution is 7.89. The number of nitrogens with zero attached hydrogens (tertiary/aromatic N) is 6. The number of aryl methyl sites for hydroxylation is 2. The van der Waals surface area contributed by atoms with Crippen LogP contribution < -0.4 is 4.74 Å². The van der Waals surface area contributed by atoms with Gasteiger partial charge in [-0.25, -0.2) is 17.9 Å². The molecule has 0 atom stereocenters. The fourth-order valence-corrected chi connectivity index (χ4v) is 6.18. The van der Waals surface area contributed by atoms with Gasteiger partial charge in [0.05, 0.1) is 29.9 Å². The van der Waals surface area contributed by atoms with Gasteiger partial charge in [-0.05, 0) is 51.5 Å². The first-order chi connectivity index (χ1) is 14.8. The molecule has 0 bridgehead atoms. The van der Waals surface area contributed by atoms with Crippen molar-refractivity contribution in [3.8, 4) is 5.88 Å². The van der Waals surface area contributed by atoms with Gasteiger partial charge in [0, 0.05) is 32.1 Å². The summed E-state index contributed by atoms with van der Waals surface area (Å²) in [6.07, 6.45) is 5.93. The van der Waals surface area contributed by atoms with E-state index >= 15 is 0 Å². The van der Waals surface area contributed by atoms with Gasteiger partial charge in [0.1, 0.15) is 4.90 Å². The Morgan fingerprint density at radius 3 is 2.48 bits per heavy atom. The molecule has 0 unspecified atom stereocenters. The Bertz CT molecular complexity index is 1220. The second kappa shape index (κ2) is 7.59. The van der Waals surface area contributed by atoms with E-state index in [9.17, 15) is 8.42 Å². The minimum absolute atomic E-state index is 0.296. The van der Waals surface area contributed by atoms with E-state index in [0.717, 1.165) is 24.2 Å². The van der Waals surface area contributed by atoms with Crippen molar-refractivity contribution in [1.82, 2.24) is 28.7 Å². The maximum absolute atomic E-state index is 13.1. The minimum Gasteiger partial charge on any atom is -0.476 e. The van der Waals surface area contributed by atoms with Crippen LogP contribution in [0.15, 0.2) is 23.2 Å². The molecule has 10 heteroatoms. The van der Waals surface area contributed by atoms with Gasteiger partial charge in [-0.1, -0.05) is 0 Å². The average Bonchev–Trinajstić information content (AvgIpc) is 3.45. The molecule has 3 aromatic heterocycles. The highest BCUT2D eigenvalue weighted by Crippen LogP contribution is 2.39. The summed E-state index contributed by atoms with van der Waals surface area (Å²) in [7, 11) is -1.76. The Hall–Kier alpha value is -2.46. The van der Waals surface area contributed by atoms with Gasteiger partial charge in [0.15, 0.2) is 5.65 Å². The maximum Gasteiger partial charge on any atom is 0.246 e. The van der Waals surface area contributed by atoms with Gasteiger partial charge in [0.25, 0.3) is 0 Å². The third-order valence-electron chi connectivity index (χ3n) is 6.39. The third kappa shape index (κ3) is 3.82. The molecule has 2 aliphatic rings. The lowest BCUT2D eigenvalue weighted by atomic mass is 9.99. The Morgan fingerprint density at radius 2 is 1.84 bits per heavy atom. The van der Waals surface area contributed by atoms with E-state index in [0.29, 0.717) is 53.7 Å². The van der Waals surface area contributed by atoms with Gasteiger partial charge in [0.2, 0.25) is 15.9 Å². The second-order valence-electron chi connectivity index (χ2n) is 8.70. The van der Waals surface area contributed by atoms with Crippen LogP contribution in [0.5, 0.6) is 5.88 Å². The number of hydrogen-bond acceptors (Lipinski definition) is 6. The number of rotatable bonds is 6. The summed E-state index contributed by atoms with van der Waals surface area (Å²) in [6.45, 7) is 5.05. The lowest BCUT2D eigenvalue weighted by Gasteiger charge is -2.31. The number of sulfonamides is 1. The zero-order valence-corrected chi connectivity index (χ0v) is 19.0. The molecule has 0 spiro atoms. The smallest absolute Gasteiger partial charge is 0.246 e. The fraction of sp³-hybridized carbons (Fsp3) is 0.571. The fourth-order valence-electron chi connectivity index (χ4n) is 4.31. The number of imidazole rings is 1. The van der Waals surface area contributed by atoms with Gasteiger partial charge < -0.3 is 4.74 Å². The Morgan fingerprint density at radius 1 is 1.10 bits per heavy atom. The van der Waals surface area contributed by atoms with Crippen LogP contribution in [0.3, 0.4) is 0 Å². The van der Waals surface area contributed by atoms with Gasteiger partial charge in [-0.15, -0.1) is 5.10 Å². The van der Waals surface area contributed by atoms with Crippen LogP contribution in [0.25, 0.3) is 5.65 Å². The predicted molar refractivity (Wildman–Crippen MR) is 115 cm³/mol. The highest BCUT2D eigenvalue weighted by atomic mass is 32.2. The molecule has 1 aliphatic heterocycles. The second-order valence-corrected chi connectivity index (χ2v) is 10.6. The molecule has 31 heavy (non-hydrogen) atoms. The summed E-state index contributed by atoms with van der Waals surface area (Å²) in [5, 5.41) is 8.79. The molecule has 3 aromatic rings. The van der Waals surface area contributed by atoms with E-state index in [4.69, 9.17) is 4.74 Å². The van der Waals surface area contributed by atoms with Crippen LogP contribution >= 0.6 is 0 Å². The largest absolute Gasteiger partial charge is 0.476 e. The average molecular weight is 445 g/mol. The minimum atomic E-state index is -3.53. The first-order valence-electron chi connectivity index (χ1n) is 10.8. The normalized spacial score (nSPS) is 18.7. The molecular formula is C21H28N6O3S. The summed E-state index contributed by atoms with van der Waals surface area (Å²) in [5.74, 6) is 1.46. The number of ether oxygens (including phenoxy) is 1. The van der Waals surface area contributed by atoms with Crippen molar-refractivity contribution in [2.75, 3.05) is 19.7 Å². The number of hydrogen-bond donors (Lipinski definition) is 0. The lowest BCUT2D eigenvalue weighted by Crippen LogP contribution is -2.40. The quantitative estimate of drug-likeness (QED) is 0.580. The van der Waals surface area contributed by atoms with E-state index in [-0.39, 0.29) is 0 Å². The zero-order valence-electron chi connectivity index (χ0n) is 18.2. The summed E-state index contributed by atoms with van der Waals surface area (Å²) in [6, 6.07) is 3.79. The maximum atomic E-state index is 13.1. The first-order valence-corrected chi connectivity index (χ1v) is 12.3. The molecule has 1 saturated carbocycles. The van der Waals surface area contributed by atoms with Crippen LogP contribution in [-0.4, -0.2) is 56.8 Å². The summed E-state index contributed by atoms with van der Waals surface area (Å²) in [5.41, 5.74) is 3.18. The number of aromatic nitrogens is 5. The Balaban J connectivity index is 1.19. The molecule has 9 nitrogen and oxygen atoms in total. The molecule has 166 valence electrons. The van der Waals surface area contributed by atoms with Crippen molar-refractivity contribution in [3.05, 3.63) is 35.4 Å². The molecule has 0 radical (unpaired) electrons. The number of fused-ring (bicyclic) bond motifs is 1. The molecule has 0 amide bonds. The lowest BCUT2D eigenvalue weighted by molar-refractivity contribution is 0.179. The van der Waals surface area contributed by atoms with E-state index in [1.54, 1.807) is 34.4 Å². The van der Waals surface area contributed by atoms with Crippen molar-refractivity contribution in [1.29, 1.82) is 0 Å². The van der Waals surface area contributed by atoms with Crippen LogP contribution in [0.1, 0.15) is 48.7 Å². The van der Waals surface area contributed by atoms with Crippen molar-refractivity contribution in [2.45, 2.75) is 50.3 Å². The monoisotopic (exact) mass is 444 g/mol. The molecule has 1 aliphatic carbocycles. The van der Waals surface area contributed by atoms with Crippen molar-refractivity contribution in [3.63, 3.8) is 0 Å². The highest BCUT2D eigenvalue weighted by Gasteiger charge is 2.33. The van der Waals surface area contributed by atoms with E-state index in [2.05, 4.69) is 15.2 Å². The standard InChI is InChI=1S/C21H28N6O3S/c1-14-21(15(2)25(3)23-14)31(28,29)26-10-8-16(9-11-26)13-30-20-7-6-19-22-18(17-4-5-17)12-27(19)24-20/h6-7,12,16-17H,4-5,8-11,13H2,1-3H3. The van der Waals surface area contributed by atoms with E-state index in [1.165, 1.54) is 12.8 Å². The summed E-state index contributed by atoms with van der Waals surface area (Å²) < 4.78 is 37.2. The predicted octanol–water partition coefficient (Wildman–Crippen LogP) is 2.44. The Labute approximate surface area is 182 Å².